The molecule has 0 saturated carbocycles. The highest BCUT2D eigenvalue weighted by molar-refractivity contribution is 14.0. The van der Waals surface area contributed by atoms with Crippen LogP contribution in [0.1, 0.15) is 36.5 Å². The van der Waals surface area contributed by atoms with Gasteiger partial charge in [0.05, 0.1) is 12.2 Å². The first-order valence-corrected chi connectivity index (χ1v) is 9.22. The number of hydrogen-bond acceptors (Lipinski definition) is 6. The molecular weight excluding hydrogens is 465 g/mol. The summed E-state index contributed by atoms with van der Waals surface area (Å²) in [4.78, 5) is 11.0. The van der Waals surface area contributed by atoms with Gasteiger partial charge in [-0.3, -0.25) is 4.99 Å². The van der Waals surface area contributed by atoms with Crippen LogP contribution in [-0.2, 0) is 24.2 Å². The molecule has 2 aromatic heterocycles. The van der Waals surface area contributed by atoms with Gasteiger partial charge in [-0.1, -0.05) is 6.92 Å². The fourth-order valence-electron chi connectivity index (χ4n) is 2.41. The van der Waals surface area contributed by atoms with Gasteiger partial charge in [0.15, 0.2) is 5.96 Å². The van der Waals surface area contributed by atoms with Crippen LogP contribution in [0.3, 0.4) is 0 Å². The van der Waals surface area contributed by atoms with E-state index in [4.69, 9.17) is 4.74 Å². The third kappa shape index (κ3) is 6.16. The summed E-state index contributed by atoms with van der Waals surface area (Å²) in [6.07, 6.45) is 2.67. The molecular formula is C16H28IN7OS. The molecule has 0 aliphatic rings. The number of aliphatic imine (C=N–C) groups is 1. The average molecular weight is 493 g/mol. The number of aromatic nitrogens is 4. The van der Waals surface area contributed by atoms with Crippen LogP contribution in [0.15, 0.2) is 16.7 Å². The molecule has 2 heterocycles. The van der Waals surface area contributed by atoms with Crippen LogP contribution in [0, 0.1) is 0 Å². The zero-order valence-corrected chi connectivity index (χ0v) is 19.1. The van der Waals surface area contributed by atoms with Crippen LogP contribution >= 0.6 is 35.3 Å². The first kappa shape index (κ1) is 22.8. The Morgan fingerprint density at radius 2 is 2.27 bits per heavy atom. The molecule has 0 saturated heterocycles. The van der Waals surface area contributed by atoms with E-state index >= 15 is 0 Å². The van der Waals surface area contributed by atoms with E-state index in [1.807, 2.05) is 14.0 Å². The zero-order chi connectivity index (χ0) is 18.2. The molecule has 10 heteroatoms. The molecule has 1 unspecified atom stereocenters. The Morgan fingerprint density at radius 3 is 2.92 bits per heavy atom. The first-order chi connectivity index (χ1) is 12.1. The minimum atomic E-state index is 0. The van der Waals surface area contributed by atoms with Crippen molar-refractivity contribution in [2.45, 2.75) is 39.5 Å². The van der Waals surface area contributed by atoms with Crippen molar-refractivity contribution in [3.05, 3.63) is 28.2 Å². The van der Waals surface area contributed by atoms with E-state index in [1.165, 1.54) is 0 Å². The maximum atomic E-state index is 5.32. The Labute approximate surface area is 176 Å². The molecule has 0 amide bonds. The van der Waals surface area contributed by atoms with E-state index in [2.05, 4.69) is 47.3 Å². The van der Waals surface area contributed by atoms with Gasteiger partial charge in [-0.25, -0.2) is 4.98 Å². The summed E-state index contributed by atoms with van der Waals surface area (Å²) in [5.41, 5.74) is 1.02. The first-order valence-electron chi connectivity index (χ1n) is 8.34. The number of thiazole rings is 1. The smallest absolute Gasteiger partial charge is 0.193 e. The van der Waals surface area contributed by atoms with Crippen LogP contribution < -0.4 is 5.32 Å². The second-order valence-electron chi connectivity index (χ2n) is 5.68. The van der Waals surface area contributed by atoms with E-state index in [0.717, 1.165) is 42.0 Å². The monoisotopic (exact) mass is 493 g/mol. The molecule has 0 aliphatic carbocycles. The standard InChI is InChI=1S/C16H27N7OS.HI/c1-6-14-21-19-11-23(14)8-7-18-16(17-3)22(4)9-13-10-25-15(20-13)12(2)24-5;/h10-12H,6-9H2,1-5H3,(H,17,18);1H. The predicted molar refractivity (Wildman–Crippen MR) is 115 cm³/mol. The molecule has 0 aromatic carbocycles. The Morgan fingerprint density at radius 1 is 1.50 bits per heavy atom. The van der Waals surface area contributed by atoms with Crippen LogP contribution in [0.25, 0.3) is 0 Å². The molecule has 0 radical (unpaired) electrons. The second-order valence-corrected chi connectivity index (χ2v) is 6.57. The van der Waals surface area contributed by atoms with Crippen LogP contribution in [-0.4, -0.2) is 58.4 Å². The fourth-order valence-corrected chi connectivity index (χ4v) is 3.25. The third-order valence-electron chi connectivity index (χ3n) is 3.89. The molecule has 0 aliphatic heterocycles. The van der Waals surface area contributed by atoms with Gasteiger partial charge in [0.2, 0.25) is 0 Å². The van der Waals surface area contributed by atoms with Crippen molar-refractivity contribution < 1.29 is 4.74 Å². The lowest BCUT2D eigenvalue weighted by Crippen LogP contribution is -2.40. The summed E-state index contributed by atoms with van der Waals surface area (Å²) in [6, 6.07) is 0. The second kappa shape index (κ2) is 11.4. The van der Waals surface area contributed by atoms with Crippen molar-refractivity contribution in [2.75, 3.05) is 27.7 Å². The number of rotatable bonds is 8. The number of nitrogens with zero attached hydrogens (tertiary/aromatic N) is 6. The lowest BCUT2D eigenvalue weighted by molar-refractivity contribution is 0.119. The van der Waals surface area contributed by atoms with Crippen LogP contribution in [0.2, 0.25) is 0 Å². The van der Waals surface area contributed by atoms with Gasteiger partial charge in [-0.15, -0.1) is 45.5 Å². The SMILES string of the molecule is CCc1nncn1CCNC(=NC)N(C)Cc1csc(C(C)OC)n1.I. The molecule has 146 valence electrons. The molecule has 8 nitrogen and oxygen atoms in total. The Hall–Kier alpha value is -1.27. The molecule has 26 heavy (non-hydrogen) atoms. The summed E-state index contributed by atoms with van der Waals surface area (Å²) in [7, 11) is 5.49. The predicted octanol–water partition coefficient (Wildman–Crippen LogP) is 2.33. The summed E-state index contributed by atoms with van der Waals surface area (Å²) in [5, 5.41) is 14.5. The Balaban J connectivity index is 0.00000338. The minimum Gasteiger partial charge on any atom is -0.375 e. The Kier molecular flexibility index (Phi) is 10.0. The van der Waals surface area contributed by atoms with Crippen molar-refractivity contribution >= 4 is 41.3 Å². The minimum absolute atomic E-state index is 0. The third-order valence-corrected chi connectivity index (χ3v) is 4.95. The summed E-state index contributed by atoms with van der Waals surface area (Å²) < 4.78 is 7.37. The Bertz CT molecular complexity index is 688. The number of nitrogens with one attached hydrogen (secondary N) is 1. The van der Waals surface area contributed by atoms with Crippen molar-refractivity contribution in [2.24, 2.45) is 4.99 Å². The van der Waals surface area contributed by atoms with Crippen molar-refractivity contribution in [3.8, 4) is 0 Å². The molecule has 2 rings (SSSR count). The lowest BCUT2D eigenvalue weighted by atomic mass is 10.4. The zero-order valence-electron chi connectivity index (χ0n) is 16.0. The largest absolute Gasteiger partial charge is 0.375 e. The summed E-state index contributed by atoms with van der Waals surface area (Å²) in [6.45, 7) is 6.33. The van der Waals surface area contributed by atoms with Gasteiger partial charge in [-0.05, 0) is 6.92 Å². The highest BCUT2D eigenvalue weighted by Gasteiger charge is 2.12. The maximum absolute atomic E-state index is 5.32. The highest BCUT2D eigenvalue weighted by atomic mass is 127. The van der Waals surface area contributed by atoms with Crippen molar-refractivity contribution in [3.63, 3.8) is 0 Å². The maximum Gasteiger partial charge on any atom is 0.193 e. The van der Waals surface area contributed by atoms with Crippen LogP contribution in [0.4, 0.5) is 0 Å². The molecule has 1 N–H and O–H groups in total. The van der Waals surface area contributed by atoms with Crippen LogP contribution in [0.5, 0.6) is 0 Å². The summed E-state index contributed by atoms with van der Waals surface area (Å²) >= 11 is 1.62. The van der Waals surface area contributed by atoms with Gasteiger partial charge in [0.1, 0.15) is 23.3 Å². The molecule has 0 fully saturated rings. The quantitative estimate of drug-likeness (QED) is 0.346. The van der Waals surface area contributed by atoms with E-state index < -0.39 is 0 Å². The van der Waals surface area contributed by atoms with Gasteiger partial charge in [-0.2, -0.15) is 0 Å². The van der Waals surface area contributed by atoms with Crippen molar-refractivity contribution in [1.82, 2.24) is 30.0 Å². The fraction of sp³-hybridized carbons (Fsp3) is 0.625. The number of guanidine groups is 1. The van der Waals surface area contributed by atoms with E-state index in [-0.39, 0.29) is 30.1 Å². The van der Waals surface area contributed by atoms with Crippen molar-refractivity contribution in [1.29, 1.82) is 0 Å². The van der Waals surface area contributed by atoms with Gasteiger partial charge in [0, 0.05) is 46.1 Å². The number of aryl methyl sites for hydroxylation is 1. The van der Waals surface area contributed by atoms with E-state index in [1.54, 1.807) is 31.8 Å². The highest BCUT2D eigenvalue weighted by Crippen LogP contribution is 2.20. The molecule has 0 spiro atoms. The number of methoxy groups -OCH3 is 1. The lowest BCUT2D eigenvalue weighted by Gasteiger charge is -2.21. The molecule has 1 atom stereocenters. The van der Waals surface area contributed by atoms with Gasteiger partial charge >= 0.3 is 0 Å². The van der Waals surface area contributed by atoms with Gasteiger partial charge in [0.25, 0.3) is 0 Å². The number of hydrogen-bond donors (Lipinski definition) is 1. The van der Waals surface area contributed by atoms with Gasteiger partial charge < -0.3 is 19.5 Å². The summed E-state index contributed by atoms with van der Waals surface area (Å²) in [5.74, 6) is 1.83. The normalized spacial score (nSPS) is 12.6. The molecule has 0 bridgehead atoms. The number of ether oxygens (including phenoxy) is 1. The number of halogens is 1. The van der Waals surface area contributed by atoms with E-state index in [0.29, 0.717) is 6.54 Å². The topological polar surface area (TPSA) is 80.5 Å². The molecule has 2 aromatic rings. The average Bonchev–Trinajstić information content (AvgIpc) is 3.26. The van der Waals surface area contributed by atoms with E-state index in [9.17, 15) is 0 Å².